The Morgan fingerprint density at radius 2 is 1.39 bits per heavy atom. The van der Waals surface area contributed by atoms with Gasteiger partial charge in [0, 0.05) is 37.7 Å². The summed E-state index contributed by atoms with van der Waals surface area (Å²) in [6, 6.07) is 13.5. The van der Waals surface area contributed by atoms with Gasteiger partial charge in [-0.25, -0.2) is 14.6 Å². The molecule has 0 spiro atoms. The van der Waals surface area contributed by atoms with Crippen LogP contribution in [-0.4, -0.2) is 75.5 Å². The van der Waals surface area contributed by atoms with Crippen molar-refractivity contribution < 1.29 is 28.5 Å². The van der Waals surface area contributed by atoms with Gasteiger partial charge in [0.05, 0.1) is 12.1 Å². The second kappa shape index (κ2) is 17.2. The highest BCUT2D eigenvalue weighted by atomic mass is 35.5. The van der Waals surface area contributed by atoms with E-state index in [-0.39, 0.29) is 12.2 Å². The van der Waals surface area contributed by atoms with E-state index >= 15 is 0 Å². The number of carbonyl (C=O) groups is 2. The van der Waals surface area contributed by atoms with E-state index < -0.39 is 11.2 Å². The first kappa shape index (κ1) is 38.6. The molecular weight excluding hydrogens is 668 g/mol. The minimum atomic E-state index is -0.500. The average molecular weight is 725 g/mol. The van der Waals surface area contributed by atoms with E-state index in [1.165, 1.54) is 0 Å². The largest absolute Gasteiger partial charge is 0.491 e. The van der Waals surface area contributed by atoms with E-state index in [0.717, 1.165) is 112 Å². The number of ether oxygens (including phenoxy) is 4. The number of halogens is 1. The number of hydrogen-bond acceptors (Lipinski definition) is 7. The van der Waals surface area contributed by atoms with E-state index in [4.69, 9.17) is 35.5 Å². The second-order valence-electron chi connectivity index (χ2n) is 16.0. The number of fused-ring (bicyclic) bond motifs is 1. The Morgan fingerprint density at radius 1 is 0.804 bits per heavy atom. The zero-order valence-electron chi connectivity index (χ0n) is 31.4. The third-order valence-electron chi connectivity index (χ3n) is 9.35. The summed E-state index contributed by atoms with van der Waals surface area (Å²) in [5.74, 6) is 3.18. The smallest absolute Gasteiger partial charge is 0.410 e. The van der Waals surface area contributed by atoms with Gasteiger partial charge in [0.25, 0.3) is 0 Å². The predicted octanol–water partition coefficient (Wildman–Crippen LogP) is 9.50. The third-order valence-corrected chi connectivity index (χ3v) is 9.60. The van der Waals surface area contributed by atoms with Gasteiger partial charge in [-0.3, -0.25) is 0 Å². The van der Waals surface area contributed by atoms with Crippen LogP contribution in [0.2, 0.25) is 5.02 Å². The standard InChI is InChI=1S/C40H57ClN4O6/c1-39(2,3)50-37(46)43-22-8-12-29(26-43)14-10-24-45-33-16-7-17-34(36(33)42-35(45)28-49-32-20-18-31(41)19-21-32)48-25-11-15-30-13-9-23-44(27-30)38(47)51-40(4,5)6/h7,16-21,29-30H,8-15,22-28H2,1-6H3/t29-,30-/m0/s1. The minimum absolute atomic E-state index is 0.219. The molecule has 2 amide bonds. The maximum absolute atomic E-state index is 12.7. The molecule has 2 saturated heterocycles. The number of carbonyl (C=O) groups excluding carboxylic acids is 2. The van der Waals surface area contributed by atoms with Crippen LogP contribution in [-0.2, 0) is 22.6 Å². The number of nitrogens with zero attached hydrogens (tertiary/aromatic N) is 4. The molecule has 0 aliphatic carbocycles. The lowest BCUT2D eigenvalue weighted by molar-refractivity contribution is 0.0150. The van der Waals surface area contributed by atoms with Crippen LogP contribution in [0.3, 0.4) is 0 Å². The summed E-state index contributed by atoms with van der Waals surface area (Å²) in [6.45, 7) is 16.1. The highest BCUT2D eigenvalue weighted by Crippen LogP contribution is 2.30. The Balaban J connectivity index is 1.21. The molecular formula is C40H57ClN4O6. The van der Waals surface area contributed by atoms with Crippen molar-refractivity contribution in [3.8, 4) is 11.5 Å². The number of aromatic nitrogens is 2. The maximum Gasteiger partial charge on any atom is 0.410 e. The molecule has 2 aromatic carbocycles. The van der Waals surface area contributed by atoms with Crippen LogP contribution < -0.4 is 9.47 Å². The Kier molecular flexibility index (Phi) is 13.0. The van der Waals surface area contributed by atoms with Crippen LogP contribution in [0.25, 0.3) is 11.0 Å². The fraction of sp³-hybridized carbons (Fsp3) is 0.625. The summed E-state index contributed by atoms with van der Waals surface area (Å²) >= 11 is 6.10. The molecule has 0 bridgehead atoms. The zero-order valence-corrected chi connectivity index (χ0v) is 32.2. The summed E-state index contributed by atoms with van der Waals surface area (Å²) in [5, 5.41) is 0.660. The first-order chi connectivity index (χ1) is 24.2. The van der Waals surface area contributed by atoms with E-state index in [0.29, 0.717) is 30.1 Å². The number of likely N-dealkylation sites (tertiary alicyclic amines) is 2. The molecule has 1 aromatic heterocycles. The van der Waals surface area contributed by atoms with Crippen LogP contribution in [0.15, 0.2) is 42.5 Å². The van der Waals surface area contributed by atoms with Crippen molar-refractivity contribution in [3.05, 3.63) is 53.3 Å². The molecule has 5 rings (SSSR count). The first-order valence-corrected chi connectivity index (χ1v) is 19.1. The summed E-state index contributed by atoms with van der Waals surface area (Å²) in [4.78, 5) is 34.2. The van der Waals surface area contributed by atoms with Crippen LogP contribution in [0.4, 0.5) is 9.59 Å². The lowest BCUT2D eigenvalue weighted by Gasteiger charge is -2.34. The maximum atomic E-state index is 12.7. The van der Waals surface area contributed by atoms with Gasteiger partial charge < -0.3 is 33.3 Å². The summed E-state index contributed by atoms with van der Waals surface area (Å²) in [5.41, 5.74) is 0.852. The Bertz CT molecular complexity index is 1600. The molecule has 2 aliphatic heterocycles. The molecule has 51 heavy (non-hydrogen) atoms. The topological polar surface area (TPSA) is 95.4 Å². The monoisotopic (exact) mass is 724 g/mol. The molecule has 280 valence electrons. The molecule has 2 fully saturated rings. The second-order valence-corrected chi connectivity index (χ2v) is 16.5. The van der Waals surface area contributed by atoms with Crippen molar-refractivity contribution >= 4 is 34.8 Å². The van der Waals surface area contributed by atoms with Crippen LogP contribution in [0.1, 0.15) is 98.7 Å². The number of para-hydroxylation sites is 1. The van der Waals surface area contributed by atoms with Gasteiger partial charge in [-0.2, -0.15) is 0 Å². The Labute approximate surface area is 308 Å². The van der Waals surface area contributed by atoms with Gasteiger partial charge in [-0.05, 0) is 141 Å². The molecule has 2 atom stereocenters. The fourth-order valence-corrected chi connectivity index (χ4v) is 7.13. The Hall–Kier alpha value is -3.66. The van der Waals surface area contributed by atoms with Crippen LogP contribution >= 0.6 is 11.6 Å². The average Bonchev–Trinajstić information content (AvgIpc) is 3.43. The van der Waals surface area contributed by atoms with Gasteiger partial charge in [-0.15, -0.1) is 0 Å². The molecule has 3 heterocycles. The lowest BCUT2D eigenvalue weighted by atomic mass is 9.93. The number of amides is 2. The third kappa shape index (κ3) is 11.7. The Morgan fingerprint density at radius 3 is 1.98 bits per heavy atom. The molecule has 10 nitrogen and oxygen atoms in total. The number of benzene rings is 2. The van der Waals surface area contributed by atoms with Crippen molar-refractivity contribution in [3.63, 3.8) is 0 Å². The van der Waals surface area contributed by atoms with E-state index in [9.17, 15) is 9.59 Å². The van der Waals surface area contributed by atoms with Crippen molar-refractivity contribution in [1.82, 2.24) is 19.4 Å². The summed E-state index contributed by atoms with van der Waals surface area (Å²) in [6.07, 6.45) is 7.57. The van der Waals surface area contributed by atoms with Gasteiger partial charge >= 0.3 is 12.2 Å². The van der Waals surface area contributed by atoms with Gasteiger partial charge in [0.15, 0.2) is 0 Å². The van der Waals surface area contributed by atoms with Crippen molar-refractivity contribution in [2.24, 2.45) is 11.8 Å². The number of rotatable bonds is 12. The highest BCUT2D eigenvalue weighted by molar-refractivity contribution is 6.30. The van der Waals surface area contributed by atoms with Crippen molar-refractivity contribution in [2.75, 3.05) is 32.8 Å². The number of imidazole rings is 1. The van der Waals surface area contributed by atoms with E-state index in [2.05, 4.69) is 10.6 Å². The van der Waals surface area contributed by atoms with Crippen molar-refractivity contribution in [1.29, 1.82) is 0 Å². The van der Waals surface area contributed by atoms with E-state index in [1.807, 2.05) is 87.7 Å². The molecule has 3 aromatic rings. The van der Waals surface area contributed by atoms with Crippen LogP contribution in [0, 0.1) is 11.8 Å². The van der Waals surface area contributed by atoms with E-state index in [1.54, 1.807) is 0 Å². The molecule has 2 aliphatic rings. The molecule has 0 N–H and O–H groups in total. The van der Waals surface area contributed by atoms with Gasteiger partial charge in [0.1, 0.15) is 40.6 Å². The van der Waals surface area contributed by atoms with Gasteiger partial charge in [0.2, 0.25) is 0 Å². The molecule has 11 heteroatoms. The number of hydrogen-bond donors (Lipinski definition) is 0. The first-order valence-electron chi connectivity index (χ1n) is 18.7. The summed E-state index contributed by atoms with van der Waals surface area (Å²) in [7, 11) is 0. The number of aryl methyl sites for hydroxylation is 1. The van der Waals surface area contributed by atoms with Gasteiger partial charge in [-0.1, -0.05) is 17.7 Å². The molecule has 0 saturated carbocycles. The zero-order chi connectivity index (χ0) is 36.6. The molecule has 0 unspecified atom stereocenters. The predicted molar refractivity (Wildman–Crippen MR) is 201 cm³/mol. The highest BCUT2D eigenvalue weighted by Gasteiger charge is 2.29. The SMILES string of the molecule is CC(C)(C)OC(=O)N1CCC[C@@H](CCCOc2cccc3c2nc(COc2ccc(Cl)cc2)n3CCC[C@@H]2CCCN(C(=O)OC(C)(C)C)C2)C1. The summed E-state index contributed by atoms with van der Waals surface area (Å²) < 4.78 is 26.1. The molecule has 0 radical (unpaired) electrons. The normalized spacial score (nSPS) is 18.5. The number of piperidine rings is 2. The lowest BCUT2D eigenvalue weighted by Crippen LogP contribution is -2.42. The van der Waals surface area contributed by atoms with Crippen LogP contribution in [0.5, 0.6) is 11.5 Å². The van der Waals surface area contributed by atoms with Crippen molar-refractivity contribution in [2.45, 2.75) is 117 Å². The minimum Gasteiger partial charge on any atom is -0.491 e. The quantitative estimate of drug-likeness (QED) is 0.172. The fourth-order valence-electron chi connectivity index (χ4n) is 7.00.